The van der Waals surface area contributed by atoms with Crippen LogP contribution in [0.15, 0.2) is 17.8 Å². The van der Waals surface area contributed by atoms with Crippen LogP contribution in [-0.2, 0) is 12.7 Å². The summed E-state index contributed by atoms with van der Waals surface area (Å²) in [5.41, 5.74) is -0.116. The summed E-state index contributed by atoms with van der Waals surface area (Å²) in [6.07, 6.45) is -3.37. The Morgan fingerprint density at radius 2 is 2.09 bits per heavy atom. The monoisotopic (exact) mass is 328 g/mol. The van der Waals surface area contributed by atoms with E-state index in [4.69, 9.17) is 0 Å². The van der Waals surface area contributed by atoms with Gasteiger partial charge in [-0.3, -0.25) is 0 Å². The Hall–Kier alpha value is -2.23. The molecule has 0 atom stereocenters. The minimum atomic E-state index is -4.54. The van der Waals surface area contributed by atoms with Crippen LogP contribution < -0.4 is 4.90 Å². The molecule has 0 unspecified atom stereocenters. The number of rotatable bonds is 3. The van der Waals surface area contributed by atoms with Crippen molar-refractivity contribution in [1.82, 2.24) is 24.6 Å². The van der Waals surface area contributed by atoms with Crippen LogP contribution in [0, 0.1) is 6.92 Å². The second-order valence-electron chi connectivity index (χ2n) is 4.71. The predicted octanol–water partition coefficient (Wildman–Crippen LogP) is 2.54. The van der Waals surface area contributed by atoms with Gasteiger partial charge in [-0.05, 0) is 6.92 Å². The zero-order valence-electron chi connectivity index (χ0n) is 11.7. The van der Waals surface area contributed by atoms with Gasteiger partial charge in [0.05, 0.1) is 6.54 Å². The normalized spacial score (nSPS) is 12.0. The van der Waals surface area contributed by atoms with E-state index < -0.39 is 11.9 Å². The van der Waals surface area contributed by atoms with E-state index in [1.54, 1.807) is 11.9 Å². The van der Waals surface area contributed by atoms with Crippen LogP contribution in [0.3, 0.4) is 0 Å². The molecule has 3 rings (SSSR count). The second kappa shape index (κ2) is 5.20. The topological polar surface area (TPSA) is 59.2 Å². The van der Waals surface area contributed by atoms with Gasteiger partial charge in [0.1, 0.15) is 17.2 Å². The fourth-order valence-corrected chi connectivity index (χ4v) is 2.80. The Bertz CT molecular complexity index is 809. The van der Waals surface area contributed by atoms with Gasteiger partial charge in [0.25, 0.3) is 5.78 Å². The lowest BCUT2D eigenvalue weighted by Gasteiger charge is -2.19. The van der Waals surface area contributed by atoms with Crippen molar-refractivity contribution >= 4 is 22.9 Å². The van der Waals surface area contributed by atoms with Crippen molar-refractivity contribution in [2.24, 2.45) is 0 Å². The highest BCUT2D eigenvalue weighted by Gasteiger charge is 2.34. The van der Waals surface area contributed by atoms with Gasteiger partial charge in [0.15, 0.2) is 5.69 Å². The molecule has 0 aliphatic heterocycles. The summed E-state index contributed by atoms with van der Waals surface area (Å²) >= 11 is 1.45. The van der Waals surface area contributed by atoms with Crippen LogP contribution >= 0.6 is 11.3 Å². The van der Waals surface area contributed by atoms with Crippen LogP contribution in [-0.4, -0.2) is 31.6 Å². The summed E-state index contributed by atoms with van der Waals surface area (Å²) in [5, 5.41) is 6.62. The molecule has 0 spiro atoms. The Kier molecular flexibility index (Phi) is 3.47. The number of halogens is 3. The van der Waals surface area contributed by atoms with E-state index in [0.29, 0.717) is 6.54 Å². The number of anilines is 1. The maximum Gasteiger partial charge on any atom is 0.433 e. The molecule has 0 bridgehead atoms. The standard InChI is InChI=1S/C12H11F3N6S/c1-7-5-22-9(18-7)4-20(2)10-3-8(12(13,14)15)19-11-16-6-17-21(10)11/h3,5-6H,4H2,1-2H3. The van der Waals surface area contributed by atoms with E-state index in [0.717, 1.165) is 16.8 Å². The van der Waals surface area contributed by atoms with Crippen LogP contribution in [0.1, 0.15) is 16.4 Å². The van der Waals surface area contributed by atoms with Crippen molar-refractivity contribution in [3.63, 3.8) is 0 Å². The van der Waals surface area contributed by atoms with E-state index in [2.05, 4.69) is 20.1 Å². The Balaban J connectivity index is 2.02. The van der Waals surface area contributed by atoms with Gasteiger partial charge >= 0.3 is 6.18 Å². The molecule has 6 nitrogen and oxygen atoms in total. The summed E-state index contributed by atoms with van der Waals surface area (Å²) in [4.78, 5) is 13.2. The van der Waals surface area contributed by atoms with Gasteiger partial charge < -0.3 is 4.90 Å². The molecule has 3 aromatic rings. The average Bonchev–Trinajstić information content (AvgIpc) is 3.05. The third-order valence-electron chi connectivity index (χ3n) is 2.95. The van der Waals surface area contributed by atoms with Crippen LogP contribution in [0.25, 0.3) is 5.78 Å². The SMILES string of the molecule is Cc1csc(CN(C)c2cc(C(F)(F)F)nc3ncnn23)n1. The number of aromatic nitrogens is 5. The molecule has 0 saturated carbocycles. The van der Waals surface area contributed by atoms with E-state index >= 15 is 0 Å². The van der Waals surface area contributed by atoms with Crippen molar-refractivity contribution in [3.8, 4) is 0 Å². The van der Waals surface area contributed by atoms with Gasteiger partial charge in [0.2, 0.25) is 0 Å². The van der Waals surface area contributed by atoms with Crippen LogP contribution in [0.5, 0.6) is 0 Å². The lowest BCUT2D eigenvalue weighted by Crippen LogP contribution is -2.22. The number of aryl methyl sites for hydroxylation is 1. The minimum Gasteiger partial charge on any atom is -0.353 e. The van der Waals surface area contributed by atoms with Gasteiger partial charge in [-0.1, -0.05) is 0 Å². The maximum absolute atomic E-state index is 12.9. The highest BCUT2D eigenvalue weighted by molar-refractivity contribution is 7.09. The third-order valence-corrected chi connectivity index (χ3v) is 3.90. The number of hydrogen-bond acceptors (Lipinski definition) is 6. The largest absolute Gasteiger partial charge is 0.433 e. The first-order valence-corrected chi connectivity index (χ1v) is 7.12. The number of nitrogens with zero attached hydrogens (tertiary/aromatic N) is 6. The molecule has 0 aromatic carbocycles. The Morgan fingerprint density at radius 1 is 1.32 bits per heavy atom. The molecular weight excluding hydrogens is 317 g/mol. The van der Waals surface area contributed by atoms with E-state index in [1.165, 1.54) is 22.2 Å². The summed E-state index contributed by atoms with van der Waals surface area (Å²) in [7, 11) is 1.67. The molecule has 0 aliphatic rings. The summed E-state index contributed by atoms with van der Waals surface area (Å²) in [6.45, 7) is 2.23. The molecule has 0 aliphatic carbocycles. The summed E-state index contributed by atoms with van der Waals surface area (Å²) in [6, 6.07) is 0.960. The van der Waals surface area contributed by atoms with Gasteiger partial charge in [-0.25, -0.2) is 9.97 Å². The smallest absolute Gasteiger partial charge is 0.353 e. The zero-order valence-corrected chi connectivity index (χ0v) is 12.5. The fraction of sp³-hybridized carbons (Fsp3) is 0.333. The maximum atomic E-state index is 12.9. The average molecular weight is 328 g/mol. The first-order chi connectivity index (χ1) is 10.3. The predicted molar refractivity (Wildman–Crippen MR) is 74.7 cm³/mol. The van der Waals surface area contributed by atoms with E-state index in [9.17, 15) is 13.2 Å². The van der Waals surface area contributed by atoms with Crippen molar-refractivity contribution in [2.45, 2.75) is 19.6 Å². The first kappa shape index (κ1) is 14.7. The Labute approximate surface area is 127 Å². The molecule has 10 heteroatoms. The molecule has 0 amide bonds. The molecule has 0 fully saturated rings. The number of alkyl halides is 3. The quantitative estimate of drug-likeness (QED) is 0.739. The third kappa shape index (κ3) is 2.73. The van der Waals surface area contributed by atoms with E-state index in [1.807, 2.05) is 12.3 Å². The molecule has 3 aromatic heterocycles. The van der Waals surface area contributed by atoms with Crippen molar-refractivity contribution in [3.05, 3.63) is 34.2 Å². The Morgan fingerprint density at radius 3 is 2.73 bits per heavy atom. The van der Waals surface area contributed by atoms with Gasteiger partial charge in [-0.15, -0.1) is 11.3 Å². The molecule has 116 valence electrons. The number of hydrogen-bond donors (Lipinski definition) is 0. The molecule has 0 saturated heterocycles. The van der Waals surface area contributed by atoms with E-state index in [-0.39, 0.29) is 11.6 Å². The van der Waals surface area contributed by atoms with Crippen molar-refractivity contribution < 1.29 is 13.2 Å². The number of fused-ring (bicyclic) bond motifs is 1. The van der Waals surface area contributed by atoms with Crippen LogP contribution in [0.4, 0.5) is 19.0 Å². The fourth-order valence-electron chi connectivity index (χ4n) is 1.97. The summed E-state index contributed by atoms with van der Waals surface area (Å²) < 4.78 is 40.1. The first-order valence-electron chi connectivity index (χ1n) is 6.25. The molecular formula is C12H11F3N6S. The lowest BCUT2D eigenvalue weighted by molar-refractivity contribution is -0.141. The zero-order chi connectivity index (χ0) is 15.9. The molecule has 0 radical (unpaired) electrons. The van der Waals surface area contributed by atoms with Crippen molar-refractivity contribution in [2.75, 3.05) is 11.9 Å². The number of thiazole rings is 1. The molecule has 22 heavy (non-hydrogen) atoms. The van der Waals surface area contributed by atoms with Crippen LogP contribution in [0.2, 0.25) is 0 Å². The lowest BCUT2D eigenvalue weighted by atomic mass is 10.3. The summed E-state index contributed by atoms with van der Waals surface area (Å²) in [5.74, 6) is 0.162. The minimum absolute atomic E-state index is 0.0907. The molecule has 3 heterocycles. The van der Waals surface area contributed by atoms with Gasteiger partial charge in [0, 0.05) is 24.2 Å². The molecule has 0 N–H and O–H groups in total. The second-order valence-corrected chi connectivity index (χ2v) is 5.65. The van der Waals surface area contributed by atoms with Gasteiger partial charge in [-0.2, -0.15) is 27.8 Å². The highest BCUT2D eigenvalue weighted by Crippen LogP contribution is 2.30. The van der Waals surface area contributed by atoms with Crippen molar-refractivity contribution in [1.29, 1.82) is 0 Å². The highest BCUT2D eigenvalue weighted by atomic mass is 32.1.